The van der Waals surface area contributed by atoms with Crippen molar-refractivity contribution >= 4 is 29.0 Å². The van der Waals surface area contributed by atoms with Gasteiger partial charge >= 0.3 is 5.69 Å². The van der Waals surface area contributed by atoms with Gasteiger partial charge in [-0.1, -0.05) is 0 Å². The quantitative estimate of drug-likeness (QED) is 0.502. The third-order valence-electron chi connectivity index (χ3n) is 3.03. The lowest BCUT2D eigenvalue weighted by atomic mass is 10.3. The minimum absolute atomic E-state index is 0.0317. The van der Waals surface area contributed by atoms with Crippen LogP contribution in [0, 0.1) is 10.1 Å². The number of amides is 1. The van der Waals surface area contributed by atoms with Crippen molar-refractivity contribution in [3.05, 3.63) is 21.6 Å². The van der Waals surface area contributed by atoms with Crippen LogP contribution in [0.5, 0.6) is 0 Å². The van der Waals surface area contributed by atoms with Crippen LogP contribution in [0.4, 0.5) is 11.5 Å². The van der Waals surface area contributed by atoms with Crippen LogP contribution in [0.3, 0.4) is 0 Å². The molecule has 1 aliphatic heterocycles. The van der Waals surface area contributed by atoms with E-state index in [9.17, 15) is 14.9 Å². The van der Waals surface area contributed by atoms with Crippen molar-refractivity contribution in [2.75, 3.05) is 25.0 Å². The molecule has 1 aromatic heterocycles. The van der Waals surface area contributed by atoms with Crippen LogP contribution in [0.25, 0.3) is 0 Å². The molecule has 1 N–H and O–H groups in total. The number of carbonyl (C=O) groups excluding carboxylic acids is 1. The monoisotopic (exact) mass is 299 g/mol. The van der Waals surface area contributed by atoms with Crippen molar-refractivity contribution in [1.29, 1.82) is 0 Å². The van der Waals surface area contributed by atoms with E-state index < -0.39 is 4.92 Å². The second kappa shape index (κ2) is 6.47. The number of hydrogen-bond donors (Lipinski definition) is 1. The molecule has 0 unspecified atom stereocenters. The van der Waals surface area contributed by atoms with Gasteiger partial charge < -0.3 is 10.2 Å². The number of rotatable bonds is 5. The average Bonchev–Trinajstić information content (AvgIpc) is 2.92. The molecular formula is C11H14ClN5O3. The van der Waals surface area contributed by atoms with Crippen molar-refractivity contribution in [2.45, 2.75) is 19.3 Å². The molecule has 1 amide bonds. The molecule has 9 heteroatoms. The van der Waals surface area contributed by atoms with E-state index in [1.807, 2.05) is 0 Å². The number of nitrogens with zero attached hydrogens (tertiary/aromatic N) is 4. The van der Waals surface area contributed by atoms with Gasteiger partial charge in [-0.2, -0.15) is 4.98 Å². The number of carbonyl (C=O) groups is 1. The lowest BCUT2D eigenvalue weighted by Crippen LogP contribution is -2.29. The second-order valence-corrected chi connectivity index (χ2v) is 4.73. The number of nitro groups is 1. The third-order valence-corrected chi connectivity index (χ3v) is 3.21. The maximum absolute atomic E-state index is 11.8. The lowest BCUT2D eigenvalue weighted by Gasteiger charge is -2.15. The van der Waals surface area contributed by atoms with Crippen LogP contribution < -0.4 is 5.32 Å². The number of aromatic nitrogens is 2. The summed E-state index contributed by atoms with van der Waals surface area (Å²) >= 11 is 5.61. The zero-order valence-electron chi connectivity index (χ0n) is 10.7. The Bertz CT molecular complexity index is 519. The molecule has 1 fully saturated rings. The zero-order chi connectivity index (χ0) is 14.5. The molecule has 8 nitrogen and oxygen atoms in total. The van der Waals surface area contributed by atoms with Gasteiger partial charge in [-0.3, -0.25) is 14.9 Å². The second-order valence-electron chi connectivity index (χ2n) is 4.39. The molecule has 0 spiro atoms. The van der Waals surface area contributed by atoms with Gasteiger partial charge in [0, 0.05) is 26.1 Å². The van der Waals surface area contributed by atoms with Crippen molar-refractivity contribution in [3.8, 4) is 0 Å². The highest BCUT2D eigenvalue weighted by molar-refractivity contribution is 6.28. The molecule has 0 bridgehead atoms. The van der Waals surface area contributed by atoms with Crippen LogP contribution in [-0.4, -0.2) is 45.3 Å². The molecule has 1 aliphatic rings. The zero-order valence-corrected chi connectivity index (χ0v) is 11.5. The van der Waals surface area contributed by atoms with Crippen molar-refractivity contribution in [1.82, 2.24) is 14.9 Å². The summed E-state index contributed by atoms with van der Waals surface area (Å²) in [6.45, 7) is 1.85. The fourth-order valence-electron chi connectivity index (χ4n) is 2.03. The topological polar surface area (TPSA) is 101 Å². The van der Waals surface area contributed by atoms with E-state index in [-0.39, 0.29) is 35.7 Å². The fourth-order valence-corrected chi connectivity index (χ4v) is 2.16. The highest BCUT2D eigenvalue weighted by atomic mass is 35.5. The Morgan fingerprint density at radius 2 is 2.20 bits per heavy atom. The summed E-state index contributed by atoms with van der Waals surface area (Å²) in [5.74, 6) is 0.0713. The Kier molecular flexibility index (Phi) is 4.67. The summed E-state index contributed by atoms with van der Waals surface area (Å²) in [5, 5.41) is 13.5. The van der Waals surface area contributed by atoms with E-state index in [1.165, 1.54) is 0 Å². The van der Waals surface area contributed by atoms with E-state index in [4.69, 9.17) is 11.6 Å². The molecule has 1 aromatic rings. The highest BCUT2D eigenvalue weighted by Gasteiger charge is 2.19. The normalized spacial score (nSPS) is 14.3. The minimum Gasteiger partial charge on any atom is -0.364 e. The van der Waals surface area contributed by atoms with Crippen LogP contribution in [-0.2, 0) is 4.79 Å². The SMILES string of the molecule is O=C(CCNc1nc(Cl)ncc1[N+](=O)[O-])N1CCCC1. The van der Waals surface area contributed by atoms with E-state index >= 15 is 0 Å². The van der Waals surface area contributed by atoms with Gasteiger partial charge in [0.25, 0.3) is 0 Å². The first kappa shape index (κ1) is 14.4. The highest BCUT2D eigenvalue weighted by Crippen LogP contribution is 2.21. The van der Waals surface area contributed by atoms with Gasteiger partial charge in [-0.15, -0.1) is 0 Å². The summed E-state index contributed by atoms with van der Waals surface area (Å²) in [5.41, 5.74) is -0.261. The third kappa shape index (κ3) is 3.53. The van der Waals surface area contributed by atoms with E-state index in [0.717, 1.165) is 32.1 Å². The number of likely N-dealkylation sites (tertiary alicyclic amines) is 1. The summed E-state index contributed by atoms with van der Waals surface area (Å²) in [4.78, 5) is 31.1. The maximum atomic E-state index is 11.8. The Balaban J connectivity index is 1.91. The van der Waals surface area contributed by atoms with Gasteiger partial charge in [0.15, 0.2) is 0 Å². The summed E-state index contributed by atoms with van der Waals surface area (Å²) in [7, 11) is 0. The lowest BCUT2D eigenvalue weighted by molar-refractivity contribution is -0.384. The minimum atomic E-state index is -0.596. The van der Waals surface area contributed by atoms with E-state index in [2.05, 4.69) is 15.3 Å². The number of nitrogens with one attached hydrogen (secondary N) is 1. The standard InChI is InChI=1S/C11H14ClN5O3/c12-11-14-7-8(17(19)20)10(15-11)13-4-3-9(18)16-5-1-2-6-16/h7H,1-6H2,(H,13,14,15). The van der Waals surface area contributed by atoms with Gasteiger partial charge in [0.1, 0.15) is 6.20 Å². The first-order chi connectivity index (χ1) is 9.58. The van der Waals surface area contributed by atoms with Crippen LogP contribution in [0.2, 0.25) is 5.28 Å². The Labute approximate surface area is 120 Å². The Morgan fingerprint density at radius 3 is 2.85 bits per heavy atom. The average molecular weight is 300 g/mol. The number of halogens is 1. The molecule has 2 heterocycles. The number of hydrogen-bond acceptors (Lipinski definition) is 6. The molecule has 0 aliphatic carbocycles. The summed E-state index contributed by atoms with van der Waals surface area (Å²) < 4.78 is 0. The van der Waals surface area contributed by atoms with E-state index in [0.29, 0.717) is 0 Å². The first-order valence-electron chi connectivity index (χ1n) is 6.26. The Morgan fingerprint density at radius 1 is 1.50 bits per heavy atom. The van der Waals surface area contributed by atoms with Gasteiger partial charge in [0.05, 0.1) is 4.92 Å². The van der Waals surface area contributed by atoms with Crippen LogP contribution in [0.15, 0.2) is 6.20 Å². The van der Waals surface area contributed by atoms with E-state index in [1.54, 1.807) is 4.90 Å². The molecule has 0 aromatic carbocycles. The first-order valence-corrected chi connectivity index (χ1v) is 6.64. The molecule has 1 saturated heterocycles. The molecule has 0 atom stereocenters. The van der Waals surface area contributed by atoms with Crippen molar-refractivity contribution in [3.63, 3.8) is 0 Å². The maximum Gasteiger partial charge on any atom is 0.329 e. The largest absolute Gasteiger partial charge is 0.364 e. The van der Waals surface area contributed by atoms with Crippen molar-refractivity contribution < 1.29 is 9.72 Å². The van der Waals surface area contributed by atoms with Gasteiger partial charge in [0.2, 0.25) is 17.0 Å². The molecule has 20 heavy (non-hydrogen) atoms. The smallest absolute Gasteiger partial charge is 0.329 e. The molecule has 108 valence electrons. The predicted octanol–water partition coefficient (Wildman–Crippen LogP) is 1.46. The molecule has 2 rings (SSSR count). The summed E-state index contributed by atoms with van der Waals surface area (Å²) in [6, 6.07) is 0. The predicted molar refractivity (Wildman–Crippen MR) is 72.6 cm³/mol. The summed E-state index contributed by atoms with van der Waals surface area (Å²) in [6.07, 6.45) is 3.37. The van der Waals surface area contributed by atoms with Crippen LogP contribution in [0.1, 0.15) is 19.3 Å². The molecular weight excluding hydrogens is 286 g/mol. The van der Waals surface area contributed by atoms with Gasteiger partial charge in [-0.05, 0) is 24.4 Å². The van der Waals surface area contributed by atoms with Crippen LogP contribution >= 0.6 is 11.6 Å². The van der Waals surface area contributed by atoms with Gasteiger partial charge in [-0.25, -0.2) is 4.98 Å². The number of anilines is 1. The Hall–Kier alpha value is -1.96. The van der Waals surface area contributed by atoms with Crippen molar-refractivity contribution in [2.24, 2.45) is 0 Å². The molecule has 0 saturated carbocycles. The molecule has 0 radical (unpaired) electrons. The fraction of sp³-hybridized carbons (Fsp3) is 0.545.